The van der Waals surface area contributed by atoms with E-state index in [0.29, 0.717) is 12.2 Å². The summed E-state index contributed by atoms with van der Waals surface area (Å²) in [7, 11) is 0. The van der Waals surface area contributed by atoms with Crippen molar-refractivity contribution in [1.82, 2.24) is 9.55 Å². The topological polar surface area (TPSA) is 64.3 Å². The summed E-state index contributed by atoms with van der Waals surface area (Å²) >= 11 is 0. The number of carbonyl (C=O) groups is 1. The van der Waals surface area contributed by atoms with Gasteiger partial charge in [-0.25, -0.2) is 4.79 Å². The number of fused-ring (bicyclic) bond motifs is 3. The summed E-state index contributed by atoms with van der Waals surface area (Å²) in [5.74, 6) is -0.639. The zero-order valence-electron chi connectivity index (χ0n) is 15.9. The monoisotopic (exact) mass is 364 g/mol. The van der Waals surface area contributed by atoms with Crippen LogP contribution in [-0.2, 0) is 16.1 Å². The molecule has 1 atom stereocenters. The van der Waals surface area contributed by atoms with Crippen LogP contribution in [0.25, 0.3) is 21.8 Å². The molecule has 1 unspecified atom stereocenters. The second-order valence-corrected chi connectivity index (χ2v) is 7.44. The average Bonchev–Trinajstić information content (AvgIpc) is 2.94. The van der Waals surface area contributed by atoms with Crippen LogP contribution >= 0.6 is 0 Å². The highest BCUT2D eigenvalue weighted by Crippen LogP contribution is 2.34. The number of para-hydroxylation sites is 1. The van der Waals surface area contributed by atoms with Crippen molar-refractivity contribution in [1.29, 1.82) is 0 Å². The Morgan fingerprint density at radius 2 is 2.00 bits per heavy atom. The minimum absolute atomic E-state index is 0.0414. The third-order valence-corrected chi connectivity index (χ3v) is 4.27. The molecule has 0 aliphatic carbocycles. The Bertz CT molecular complexity index is 1040. The number of rotatable bonds is 5. The van der Waals surface area contributed by atoms with Gasteiger partial charge in [-0.2, -0.15) is 0 Å². The highest BCUT2D eigenvalue weighted by molar-refractivity contribution is 6.09. The highest BCUT2D eigenvalue weighted by atomic mass is 16.6. The molecule has 1 N–H and O–H groups in total. The lowest BCUT2D eigenvalue weighted by Crippen LogP contribution is -2.26. The van der Waals surface area contributed by atoms with Crippen molar-refractivity contribution in [3.8, 4) is 0 Å². The summed E-state index contributed by atoms with van der Waals surface area (Å²) in [5, 5.41) is 12.9. The Kier molecular flexibility index (Phi) is 4.89. The van der Waals surface area contributed by atoms with E-state index in [4.69, 9.17) is 4.74 Å². The van der Waals surface area contributed by atoms with Crippen molar-refractivity contribution in [2.45, 2.75) is 39.0 Å². The molecular formula is C22H24N2O3. The molecule has 0 bridgehead atoms. The van der Waals surface area contributed by atoms with Gasteiger partial charge in [0.05, 0.1) is 16.8 Å². The second-order valence-electron chi connectivity index (χ2n) is 7.44. The van der Waals surface area contributed by atoms with E-state index in [1.807, 2.05) is 34.9 Å². The van der Waals surface area contributed by atoms with Gasteiger partial charge in [0.25, 0.3) is 0 Å². The minimum atomic E-state index is -1.27. The standard InChI is InChI=1S/C22H24N2O3/c1-6-13-24-17-10-8-7-9-15(17)16-11-12-23-18(19(16)24)20(25)14(2)21(26)27-22(3,4)5/h6-12,20,25H,1-2,13H2,3-5H3. The number of nitrogens with zero attached hydrogens (tertiary/aromatic N) is 2. The molecule has 3 rings (SSSR count). The number of aliphatic hydroxyl groups excluding tert-OH is 1. The lowest BCUT2D eigenvalue weighted by molar-refractivity contribution is -0.151. The molecule has 140 valence electrons. The van der Waals surface area contributed by atoms with Gasteiger partial charge in [-0.05, 0) is 32.9 Å². The van der Waals surface area contributed by atoms with Crippen LogP contribution in [0.1, 0.15) is 32.6 Å². The van der Waals surface area contributed by atoms with E-state index in [9.17, 15) is 9.90 Å². The number of hydrogen-bond acceptors (Lipinski definition) is 4. The molecule has 0 radical (unpaired) electrons. The number of ether oxygens (including phenoxy) is 1. The zero-order valence-corrected chi connectivity index (χ0v) is 15.9. The second kappa shape index (κ2) is 7.00. The number of esters is 1. The molecular weight excluding hydrogens is 340 g/mol. The van der Waals surface area contributed by atoms with Crippen LogP contribution < -0.4 is 0 Å². The molecule has 3 aromatic rings. The fourth-order valence-electron chi connectivity index (χ4n) is 3.17. The highest BCUT2D eigenvalue weighted by Gasteiger charge is 2.27. The molecule has 1 aromatic carbocycles. The van der Waals surface area contributed by atoms with Crippen molar-refractivity contribution in [2.75, 3.05) is 0 Å². The molecule has 2 heterocycles. The van der Waals surface area contributed by atoms with Gasteiger partial charge < -0.3 is 14.4 Å². The third kappa shape index (κ3) is 3.51. The molecule has 0 aliphatic rings. The summed E-state index contributed by atoms with van der Waals surface area (Å²) in [6, 6.07) is 9.87. The minimum Gasteiger partial charge on any atom is -0.457 e. The first-order valence-corrected chi connectivity index (χ1v) is 8.81. The van der Waals surface area contributed by atoms with Crippen molar-refractivity contribution < 1.29 is 14.6 Å². The summed E-state index contributed by atoms with van der Waals surface area (Å²) in [5.41, 5.74) is 1.44. The fraction of sp³-hybridized carbons (Fsp3) is 0.273. The first-order valence-electron chi connectivity index (χ1n) is 8.81. The number of pyridine rings is 1. The Hall–Kier alpha value is -2.92. The predicted octanol–water partition coefficient (Wildman–Crippen LogP) is 4.31. The molecule has 0 amide bonds. The number of aliphatic hydroxyl groups is 1. The summed E-state index contributed by atoms with van der Waals surface area (Å²) in [6.45, 7) is 13.4. The SMILES string of the molecule is C=CCn1c2ccccc2c2ccnc(C(O)C(=C)C(=O)OC(C)(C)C)c21. The van der Waals surface area contributed by atoms with Gasteiger partial charge >= 0.3 is 5.97 Å². The Morgan fingerprint density at radius 3 is 2.67 bits per heavy atom. The van der Waals surface area contributed by atoms with Gasteiger partial charge in [-0.3, -0.25) is 4.98 Å². The van der Waals surface area contributed by atoms with Crippen molar-refractivity contribution in [3.63, 3.8) is 0 Å². The van der Waals surface area contributed by atoms with E-state index in [1.54, 1.807) is 33.0 Å². The van der Waals surface area contributed by atoms with Crippen LogP contribution in [0, 0.1) is 0 Å². The average molecular weight is 364 g/mol. The van der Waals surface area contributed by atoms with Crippen LogP contribution in [0.4, 0.5) is 0 Å². The number of benzene rings is 1. The van der Waals surface area contributed by atoms with Crippen LogP contribution in [-0.4, -0.2) is 26.2 Å². The molecule has 0 saturated carbocycles. The smallest absolute Gasteiger partial charge is 0.336 e. The normalized spacial score (nSPS) is 12.9. The van der Waals surface area contributed by atoms with Crippen LogP contribution in [0.3, 0.4) is 0 Å². The van der Waals surface area contributed by atoms with E-state index >= 15 is 0 Å². The first-order chi connectivity index (χ1) is 12.7. The van der Waals surface area contributed by atoms with Crippen molar-refractivity contribution in [2.24, 2.45) is 0 Å². The van der Waals surface area contributed by atoms with Crippen LogP contribution in [0.2, 0.25) is 0 Å². The van der Waals surface area contributed by atoms with Crippen LogP contribution in [0.15, 0.2) is 61.3 Å². The fourth-order valence-corrected chi connectivity index (χ4v) is 3.17. The van der Waals surface area contributed by atoms with Gasteiger partial charge in [-0.15, -0.1) is 6.58 Å². The van der Waals surface area contributed by atoms with Gasteiger partial charge in [0.15, 0.2) is 0 Å². The Balaban J connectivity index is 2.16. The lowest BCUT2D eigenvalue weighted by Gasteiger charge is -2.22. The maximum atomic E-state index is 12.4. The molecule has 0 saturated heterocycles. The van der Waals surface area contributed by atoms with Crippen molar-refractivity contribution >= 4 is 27.8 Å². The van der Waals surface area contributed by atoms with Crippen LogP contribution in [0.5, 0.6) is 0 Å². The molecule has 0 spiro atoms. The number of allylic oxidation sites excluding steroid dienone is 1. The molecule has 27 heavy (non-hydrogen) atoms. The van der Waals surface area contributed by atoms with E-state index in [2.05, 4.69) is 18.1 Å². The van der Waals surface area contributed by atoms with E-state index in [1.165, 1.54) is 0 Å². The lowest BCUT2D eigenvalue weighted by atomic mass is 10.0. The number of aromatic nitrogens is 2. The largest absolute Gasteiger partial charge is 0.457 e. The molecule has 0 aliphatic heterocycles. The molecule has 0 fully saturated rings. The van der Waals surface area contributed by atoms with Gasteiger partial charge in [0.2, 0.25) is 0 Å². The van der Waals surface area contributed by atoms with Crippen molar-refractivity contribution in [3.05, 3.63) is 67.0 Å². The maximum absolute atomic E-state index is 12.4. The summed E-state index contributed by atoms with van der Waals surface area (Å²) in [6.07, 6.45) is 2.16. The van der Waals surface area contributed by atoms with E-state index < -0.39 is 17.7 Å². The van der Waals surface area contributed by atoms with Gasteiger partial charge in [-0.1, -0.05) is 30.9 Å². The predicted molar refractivity (Wildman–Crippen MR) is 107 cm³/mol. The van der Waals surface area contributed by atoms with E-state index in [0.717, 1.165) is 21.8 Å². The molecule has 2 aromatic heterocycles. The Morgan fingerprint density at radius 1 is 1.30 bits per heavy atom. The zero-order chi connectivity index (χ0) is 19.8. The molecule has 5 heteroatoms. The molecule has 5 nitrogen and oxygen atoms in total. The van der Waals surface area contributed by atoms with Gasteiger partial charge in [0.1, 0.15) is 11.7 Å². The quantitative estimate of drug-likeness (QED) is 0.416. The maximum Gasteiger partial charge on any atom is 0.336 e. The third-order valence-electron chi connectivity index (χ3n) is 4.27. The summed E-state index contributed by atoms with van der Waals surface area (Å²) in [4.78, 5) is 16.7. The number of hydrogen-bond donors (Lipinski definition) is 1. The Labute approximate surface area is 158 Å². The summed E-state index contributed by atoms with van der Waals surface area (Å²) < 4.78 is 7.37. The number of carbonyl (C=O) groups excluding carboxylic acids is 1. The van der Waals surface area contributed by atoms with Gasteiger partial charge in [0, 0.05) is 29.0 Å². The first kappa shape index (κ1) is 18.9. The van der Waals surface area contributed by atoms with E-state index in [-0.39, 0.29) is 5.57 Å².